The molecule has 2 radical (unpaired) electrons. The predicted molar refractivity (Wildman–Crippen MR) is 76.7 cm³/mol. The lowest BCUT2D eigenvalue weighted by atomic mass is 10.0. The monoisotopic (exact) mass is 240 g/mol. The van der Waals surface area contributed by atoms with E-state index >= 15 is 0 Å². The van der Waals surface area contributed by atoms with Crippen LogP contribution in [0.2, 0.25) is 0 Å². The molecule has 0 saturated heterocycles. The zero-order chi connectivity index (χ0) is 11.5. The first-order valence-corrected chi connectivity index (χ1v) is 8.25. The second kappa shape index (κ2) is 10.5. The van der Waals surface area contributed by atoms with Gasteiger partial charge >= 0.3 is 0 Å². The van der Waals surface area contributed by atoms with Gasteiger partial charge in [0.15, 0.2) is 0 Å². The van der Waals surface area contributed by atoms with Crippen molar-refractivity contribution in [3.05, 3.63) is 12.8 Å². The molecule has 1 heteroatoms. The van der Waals surface area contributed by atoms with Crippen LogP contribution in [0.1, 0.15) is 71.1 Å². The topological polar surface area (TPSA) is 0 Å². The minimum absolute atomic E-state index is 0.842. The Balaban J connectivity index is 1.77. The third kappa shape index (κ3) is 7.60. The minimum Gasteiger partial charge on any atom is -0.158 e. The van der Waals surface area contributed by atoms with Crippen LogP contribution >= 0.6 is 11.8 Å². The first kappa shape index (κ1) is 14.4. The maximum absolute atomic E-state index is 2.52. The van der Waals surface area contributed by atoms with Crippen LogP contribution in [0.25, 0.3) is 0 Å². The van der Waals surface area contributed by atoms with Crippen molar-refractivity contribution in [1.29, 1.82) is 0 Å². The summed E-state index contributed by atoms with van der Waals surface area (Å²) < 4.78 is 0. The largest absolute Gasteiger partial charge is 0.158 e. The quantitative estimate of drug-likeness (QED) is 0.484. The SMILES string of the molecule is CCCCCCCCCSC1[CH]CC[CH]C1. The van der Waals surface area contributed by atoms with Gasteiger partial charge in [0.05, 0.1) is 0 Å². The van der Waals surface area contributed by atoms with Crippen LogP contribution in [0, 0.1) is 12.8 Å². The molecule has 0 aliphatic heterocycles. The van der Waals surface area contributed by atoms with Gasteiger partial charge < -0.3 is 0 Å². The van der Waals surface area contributed by atoms with E-state index < -0.39 is 0 Å². The molecule has 1 rings (SSSR count). The lowest BCUT2D eigenvalue weighted by Gasteiger charge is -2.20. The average Bonchev–Trinajstić information content (AvgIpc) is 2.34. The van der Waals surface area contributed by atoms with Crippen molar-refractivity contribution in [3.8, 4) is 0 Å². The Hall–Kier alpha value is 0.350. The molecule has 1 aliphatic rings. The Morgan fingerprint density at radius 2 is 1.75 bits per heavy atom. The van der Waals surface area contributed by atoms with E-state index in [0.717, 1.165) is 5.25 Å². The molecule has 16 heavy (non-hydrogen) atoms. The molecular weight excluding hydrogens is 212 g/mol. The van der Waals surface area contributed by atoms with Crippen LogP contribution in [0.3, 0.4) is 0 Å². The van der Waals surface area contributed by atoms with E-state index in [-0.39, 0.29) is 0 Å². The van der Waals surface area contributed by atoms with E-state index in [1.807, 2.05) is 0 Å². The van der Waals surface area contributed by atoms with Gasteiger partial charge in [-0.15, -0.1) is 0 Å². The molecular formula is C15H28S. The van der Waals surface area contributed by atoms with Crippen molar-refractivity contribution < 1.29 is 0 Å². The maximum atomic E-state index is 2.52. The molecule has 0 nitrogen and oxygen atoms in total. The van der Waals surface area contributed by atoms with Gasteiger partial charge in [0, 0.05) is 5.25 Å². The fourth-order valence-corrected chi connectivity index (χ4v) is 3.43. The number of thioether (sulfide) groups is 1. The van der Waals surface area contributed by atoms with E-state index in [4.69, 9.17) is 0 Å². The summed E-state index contributed by atoms with van der Waals surface area (Å²) in [6.07, 6.45) is 19.0. The number of rotatable bonds is 9. The molecule has 0 heterocycles. The summed E-state index contributed by atoms with van der Waals surface area (Å²) in [4.78, 5) is 0. The first-order chi connectivity index (χ1) is 7.93. The molecule has 1 unspecified atom stereocenters. The molecule has 0 bridgehead atoms. The van der Waals surface area contributed by atoms with Crippen LogP contribution in [0.15, 0.2) is 0 Å². The van der Waals surface area contributed by atoms with E-state index in [0.29, 0.717) is 0 Å². The molecule has 94 valence electrons. The highest BCUT2D eigenvalue weighted by Crippen LogP contribution is 2.27. The summed E-state index contributed by atoms with van der Waals surface area (Å²) in [5, 5.41) is 0.842. The lowest BCUT2D eigenvalue weighted by Crippen LogP contribution is -2.09. The third-order valence-corrected chi connectivity index (χ3v) is 4.62. The van der Waals surface area contributed by atoms with Crippen LogP contribution in [0.4, 0.5) is 0 Å². The first-order valence-electron chi connectivity index (χ1n) is 7.20. The summed E-state index contributed by atoms with van der Waals surface area (Å²) >= 11 is 2.18. The van der Waals surface area contributed by atoms with E-state index in [1.54, 1.807) is 0 Å². The summed E-state index contributed by atoms with van der Waals surface area (Å²) in [5.41, 5.74) is 0. The Bertz CT molecular complexity index is 138. The van der Waals surface area contributed by atoms with Crippen molar-refractivity contribution in [2.24, 2.45) is 0 Å². The molecule has 0 aromatic carbocycles. The summed E-state index contributed by atoms with van der Waals surface area (Å²) in [5.74, 6) is 1.38. The van der Waals surface area contributed by atoms with Gasteiger partial charge in [-0.3, -0.25) is 0 Å². The molecule has 0 N–H and O–H groups in total. The normalized spacial score (nSPS) is 17.8. The Labute approximate surface area is 107 Å². The molecule has 0 aromatic rings. The highest BCUT2D eigenvalue weighted by Gasteiger charge is 2.13. The van der Waals surface area contributed by atoms with Crippen LogP contribution in [0.5, 0.6) is 0 Å². The molecule has 1 fully saturated rings. The molecule has 1 saturated carbocycles. The average molecular weight is 240 g/mol. The third-order valence-electron chi connectivity index (χ3n) is 3.28. The van der Waals surface area contributed by atoms with Crippen molar-refractivity contribution >= 4 is 11.8 Å². The zero-order valence-electron chi connectivity index (χ0n) is 10.9. The van der Waals surface area contributed by atoms with Gasteiger partial charge in [0.1, 0.15) is 0 Å². The summed E-state index contributed by atoms with van der Waals surface area (Å²) in [7, 11) is 0. The second-order valence-electron chi connectivity index (χ2n) is 4.87. The van der Waals surface area contributed by atoms with Gasteiger partial charge in [-0.25, -0.2) is 0 Å². The lowest BCUT2D eigenvalue weighted by molar-refractivity contribution is 0.603. The van der Waals surface area contributed by atoms with E-state index in [9.17, 15) is 0 Å². The zero-order valence-corrected chi connectivity index (χ0v) is 11.7. The molecule has 1 aliphatic carbocycles. The van der Waals surface area contributed by atoms with E-state index in [2.05, 4.69) is 31.5 Å². The van der Waals surface area contributed by atoms with Crippen molar-refractivity contribution in [2.45, 2.75) is 76.4 Å². The molecule has 1 atom stereocenters. The number of hydrogen-bond donors (Lipinski definition) is 0. The maximum Gasteiger partial charge on any atom is 0.00811 e. The van der Waals surface area contributed by atoms with Crippen LogP contribution in [-0.4, -0.2) is 11.0 Å². The molecule has 0 amide bonds. The number of hydrogen-bond acceptors (Lipinski definition) is 1. The summed E-state index contributed by atoms with van der Waals surface area (Å²) in [6.45, 7) is 2.29. The Morgan fingerprint density at radius 3 is 2.44 bits per heavy atom. The smallest absolute Gasteiger partial charge is 0.00811 e. The van der Waals surface area contributed by atoms with Gasteiger partial charge in [-0.1, -0.05) is 45.4 Å². The molecule has 0 spiro atoms. The fourth-order valence-electron chi connectivity index (χ4n) is 2.21. The highest BCUT2D eigenvalue weighted by molar-refractivity contribution is 8.00. The summed E-state index contributed by atoms with van der Waals surface area (Å²) in [6, 6.07) is 0. The number of unbranched alkanes of at least 4 members (excludes halogenated alkanes) is 6. The van der Waals surface area contributed by atoms with Crippen LogP contribution < -0.4 is 0 Å². The molecule has 0 aromatic heterocycles. The van der Waals surface area contributed by atoms with Crippen molar-refractivity contribution in [2.75, 3.05) is 5.75 Å². The van der Waals surface area contributed by atoms with Gasteiger partial charge in [-0.05, 0) is 44.3 Å². The van der Waals surface area contributed by atoms with Gasteiger partial charge in [-0.2, -0.15) is 11.8 Å². The van der Waals surface area contributed by atoms with Crippen LogP contribution in [-0.2, 0) is 0 Å². The Morgan fingerprint density at radius 1 is 1.00 bits per heavy atom. The van der Waals surface area contributed by atoms with Crippen molar-refractivity contribution in [1.82, 2.24) is 0 Å². The van der Waals surface area contributed by atoms with E-state index in [1.165, 1.54) is 70.0 Å². The fraction of sp³-hybridized carbons (Fsp3) is 0.867. The highest BCUT2D eigenvalue weighted by atomic mass is 32.2. The standard InChI is InChI=1S/C15H28S/c1-2-3-4-5-6-7-11-14-16-15-12-9-8-10-13-15/h9,13,15H,2-8,10-12,14H2,1H3. The second-order valence-corrected chi connectivity index (χ2v) is 6.22. The van der Waals surface area contributed by atoms with Gasteiger partial charge in [0.2, 0.25) is 0 Å². The Kier molecular flexibility index (Phi) is 9.46. The van der Waals surface area contributed by atoms with Crippen molar-refractivity contribution in [3.63, 3.8) is 0 Å². The predicted octanol–water partition coefficient (Wildman–Crippen LogP) is 5.43. The minimum atomic E-state index is 0.842. The van der Waals surface area contributed by atoms with Gasteiger partial charge in [0.25, 0.3) is 0 Å².